The Labute approximate surface area is 169 Å². The molecular formula is C16H26IN5S2. The molecule has 2 aromatic heterocycles. The van der Waals surface area contributed by atoms with E-state index in [9.17, 15) is 0 Å². The van der Waals surface area contributed by atoms with Crippen LogP contribution in [0.4, 0.5) is 5.13 Å². The third-order valence-electron chi connectivity index (χ3n) is 3.27. The van der Waals surface area contributed by atoms with E-state index in [-0.39, 0.29) is 24.0 Å². The Morgan fingerprint density at radius 3 is 2.71 bits per heavy atom. The quantitative estimate of drug-likeness (QED) is 0.361. The largest absolute Gasteiger partial charge is 0.357 e. The minimum atomic E-state index is 0. The summed E-state index contributed by atoms with van der Waals surface area (Å²) in [7, 11) is 4.01. The molecule has 24 heavy (non-hydrogen) atoms. The number of anilines is 1. The molecule has 2 N–H and O–H groups in total. The van der Waals surface area contributed by atoms with Gasteiger partial charge in [0.2, 0.25) is 0 Å². The Hall–Kier alpha value is -0.870. The van der Waals surface area contributed by atoms with Crippen molar-refractivity contribution in [3.05, 3.63) is 33.5 Å². The molecule has 1 unspecified atom stereocenters. The first kappa shape index (κ1) is 21.2. The summed E-state index contributed by atoms with van der Waals surface area (Å²) in [6.07, 6.45) is 0. The van der Waals surface area contributed by atoms with Crippen LogP contribution in [0.1, 0.15) is 30.3 Å². The molecule has 0 aromatic carbocycles. The number of guanidine groups is 1. The van der Waals surface area contributed by atoms with E-state index >= 15 is 0 Å². The number of rotatable bonds is 7. The monoisotopic (exact) mass is 479 g/mol. The van der Waals surface area contributed by atoms with Crippen molar-refractivity contribution in [1.29, 1.82) is 0 Å². The van der Waals surface area contributed by atoms with Crippen LogP contribution >= 0.6 is 46.7 Å². The Bertz CT molecular complexity index is 610. The molecule has 1 atom stereocenters. The molecule has 0 saturated heterocycles. The van der Waals surface area contributed by atoms with E-state index in [4.69, 9.17) is 0 Å². The molecule has 0 aliphatic heterocycles. The van der Waals surface area contributed by atoms with E-state index in [2.05, 4.69) is 57.4 Å². The van der Waals surface area contributed by atoms with Gasteiger partial charge in [-0.25, -0.2) is 9.98 Å². The highest BCUT2D eigenvalue weighted by Gasteiger charge is 2.08. The van der Waals surface area contributed by atoms with Crippen LogP contribution in [0.15, 0.2) is 27.9 Å². The normalized spacial score (nSPS) is 12.4. The topological polar surface area (TPSA) is 52.6 Å². The molecular weight excluding hydrogens is 453 g/mol. The fourth-order valence-electron chi connectivity index (χ4n) is 2.00. The Balaban J connectivity index is 0.00000288. The van der Waals surface area contributed by atoms with Gasteiger partial charge < -0.3 is 15.5 Å². The average molecular weight is 479 g/mol. The first-order valence-electron chi connectivity index (χ1n) is 7.77. The van der Waals surface area contributed by atoms with Crippen molar-refractivity contribution in [3.8, 4) is 0 Å². The highest BCUT2D eigenvalue weighted by Crippen LogP contribution is 2.20. The first-order valence-corrected chi connectivity index (χ1v) is 9.53. The third kappa shape index (κ3) is 6.56. The van der Waals surface area contributed by atoms with E-state index in [1.165, 1.54) is 4.88 Å². The lowest BCUT2D eigenvalue weighted by Gasteiger charge is -2.14. The maximum atomic E-state index is 4.63. The predicted molar refractivity (Wildman–Crippen MR) is 117 cm³/mol. The number of thiophene rings is 1. The second-order valence-electron chi connectivity index (χ2n) is 5.51. The van der Waals surface area contributed by atoms with Crippen LogP contribution in [0.2, 0.25) is 0 Å². The van der Waals surface area contributed by atoms with Crippen molar-refractivity contribution in [2.45, 2.75) is 26.3 Å². The van der Waals surface area contributed by atoms with Crippen molar-refractivity contribution < 1.29 is 0 Å². The van der Waals surface area contributed by atoms with Gasteiger partial charge in [0.1, 0.15) is 0 Å². The minimum absolute atomic E-state index is 0. The molecule has 8 heteroatoms. The predicted octanol–water partition coefficient (Wildman–Crippen LogP) is 3.75. The summed E-state index contributed by atoms with van der Waals surface area (Å²) in [5, 5.41) is 11.9. The zero-order valence-corrected chi connectivity index (χ0v) is 18.5. The molecule has 0 fully saturated rings. The van der Waals surface area contributed by atoms with Gasteiger partial charge in [-0.1, -0.05) is 13.0 Å². The minimum Gasteiger partial charge on any atom is -0.357 e. The number of nitrogens with zero attached hydrogens (tertiary/aromatic N) is 3. The van der Waals surface area contributed by atoms with Crippen LogP contribution in [-0.2, 0) is 6.54 Å². The first-order chi connectivity index (χ1) is 11.1. The van der Waals surface area contributed by atoms with Gasteiger partial charge in [0.25, 0.3) is 0 Å². The summed E-state index contributed by atoms with van der Waals surface area (Å²) in [6, 6.07) is 4.28. The number of aromatic nitrogens is 1. The van der Waals surface area contributed by atoms with Crippen molar-refractivity contribution in [1.82, 2.24) is 15.6 Å². The van der Waals surface area contributed by atoms with Crippen molar-refractivity contribution >= 4 is 57.7 Å². The number of aliphatic imine (C=N–C) groups is 1. The van der Waals surface area contributed by atoms with Crippen molar-refractivity contribution in [2.75, 3.05) is 32.1 Å². The molecule has 0 aliphatic rings. The van der Waals surface area contributed by atoms with Gasteiger partial charge in [0, 0.05) is 43.4 Å². The Kier molecular flexibility index (Phi) is 9.60. The number of hydrogen-bond donors (Lipinski definition) is 2. The van der Waals surface area contributed by atoms with Gasteiger partial charge in [0.15, 0.2) is 11.1 Å². The summed E-state index contributed by atoms with van der Waals surface area (Å²) in [5.74, 6) is 1.31. The van der Waals surface area contributed by atoms with Crippen LogP contribution in [-0.4, -0.2) is 38.1 Å². The highest BCUT2D eigenvalue weighted by atomic mass is 127. The van der Waals surface area contributed by atoms with Gasteiger partial charge in [-0.05, 0) is 18.4 Å². The Morgan fingerprint density at radius 2 is 2.12 bits per heavy atom. The SMILES string of the molecule is CCNC(=NCc1csc(N(C)C)n1)NCC(C)c1cccs1.I. The molecule has 0 bridgehead atoms. The van der Waals surface area contributed by atoms with Crippen LogP contribution in [0.5, 0.6) is 0 Å². The standard InChI is InChI=1S/C16H25N5S2.HI/c1-5-17-15(18-9-12(2)14-7-6-8-22-14)19-10-13-11-23-16(20-13)21(3)4;/h6-8,11-12H,5,9-10H2,1-4H3,(H2,17,18,19);1H. The molecule has 0 amide bonds. The molecule has 0 spiro atoms. The molecule has 2 rings (SSSR count). The van der Waals surface area contributed by atoms with E-state index in [0.717, 1.165) is 29.9 Å². The second-order valence-corrected chi connectivity index (χ2v) is 7.32. The zero-order valence-electron chi connectivity index (χ0n) is 14.6. The van der Waals surface area contributed by atoms with Crippen LogP contribution in [0, 0.1) is 0 Å². The summed E-state index contributed by atoms with van der Waals surface area (Å²) in [6.45, 7) is 6.61. The number of nitrogens with one attached hydrogen (secondary N) is 2. The maximum Gasteiger partial charge on any atom is 0.191 e. The molecule has 0 radical (unpaired) electrons. The van der Waals surface area contributed by atoms with E-state index in [0.29, 0.717) is 12.5 Å². The van der Waals surface area contributed by atoms with Crippen LogP contribution in [0.25, 0.3) is 0 Å². The van der Waals surface area contributed by atoms with Gasteiger partial charge >= 0.3 is 0 Å². The summed E-state index contributed by atoms with van der Waals surface area (Å²) in [4.78, 5) is 12.6. The fraction of sp³-hybridized carbons (Fsp3) is 0.500. The zero-order chi connectivity index (χ0) is 16.7. The number of hydrogen-bond acceptors (Lipinski definition) is 5. The smallest absolute Gasteiger partial charge is 0.191 e. The lowest BCUT2D eigenvalue weighted by Crippen LogP contribution is -2.39. The van der Waals surface area contributed by atoms with Gasteiger partial charge in [0.05, 0.1) is 12.2 Å². The van der Waals surface area contributed by atoms with Gasteiger partial charge in [-0.15, -0.1) is 46.7 Å². The fourth-order valence-corrected chi connectivity index (χ4v) is 3.53. The lowest BCUT2D eigenvalue weighted by atomic mass is 10.1. The molecule has 5 nitrogen and oxygen atoms in total. The van der Waals surface area contributed by atoms with Gasteiger partial charge in [-0.3, -0.25) is 0 Å². The molecule has 0 saturated carbocycles. The van der Waals surface area contributed by atoms with E-state index in [1.54, 1.807) is 22.7 Å². The number of thiazole rings is 1. The molecule has 2 heterocycles. The average Bonchev–Trinajstić information content (AvgIpc) is 3.20. The maximum absolute atomic E-state index is 4.63. The lowest BCUT2D eigenvalue weighted by molar-refractivity contribution is 0.709. The molecule has 134 valence electrons. The summed E-state index contributed by atoms with van der Waals surface area (Å²) >= 11 is 3.44. The second kappa shape index (κ2) is 10.9. The van der Waals surface area contributed by atoms with Gasteiger partial charge in [-0.2, -0.15) is 0 Å². The molecule has 2 aromatic rings. The van der Waals surface area contributed by atoms with Crippen molar-refractivity contribution in [2.24, 2.45) is 4.99 Å². The van der Waals surface area contributed by atoms with Crippen molar-refractivity contribution in [3.63, 3.8) is 0 Å². The summed E-state index contributed by atoms with van der Waals surface area (Å²) in [5.41, 5.74) is 1.00. The van der Waals surface area contributed by atoms with E-state index < -0.39 is 0 Å². The highest BCUT2D eigenvalue weighted by molar-refractivity contribution is 14.0. The molecule has 0 aliphatic carbocycles. The van der Waals surface area contributed by atoms with E-state index in [1.807, 2.05) is 19.0 Å². The number of halogens is 1. The third-order valence-corrected chi connectivity index (χ3v) is 5.43. The van der Waals surface area contributed by atoms with Crippen LogP contribution < -0.4 is 15.5 Å². The van der Waals surface area contributed by atoms with Crippen LogP contribution in [0.3, 0.4) is 0 Å². The Morgan fingerprint density at radius 1 is 1.33 bits per heavy atom. The summed E-state index contributed by atoms with van der Waals surface area (Å²) < 4.78 is 0.